The van der Waals surface area contributed by atoms with Crippen LogP contribution in [0.25, 0.3) is 0 Å². The highest BCUT2D eigenvalue weighted by molar-refractivity contribution is 4.90. The predicted octanol–water partition coefficient (Wildman–Crippen LogP) is 5.78. The van der Waals surface area contributed by atoms with Crippen molar-refractivity contribution in [2.75, 3.05) is 0 Å². The van der Waals surface area contributed by atoms with Crippen molar-refractivity contribution in [1.29, 1.82) is 0 Å². The third kappa shape index (κ3) is 11.6. The molecule has 0 aliphatic carbocycles. The van der Waals surface area contributed by atoms with Gasteiger partial charge in [-0.15, -0.1) is 0 Å². The Bertz CT molecular complexity index is 149. The van der Waals surface area contributed by atoms with Crippen molar-refractivity contribution >= 4 is 0 Å². The number of allylic oxidation sites excluding steroid dienone is 2. The average molecular weight is 214 g/mol. The predicted molar refractivity (Wildman–Crippen MR) is 66.7 cm³/mol. The van der Waals surface area contributed by atoms with Crippen LogP contribution in [0.1, 0.15) is 78.1 Å². The lowest BCUT2D eigenvalue weighted by molar-refractivity contribution is 0.532. The molecule has 0 N–H and O–H groups in total. The monoisotopic (exact) mass is 214 g/mol. The summed E-state index contributed by atoms with van der Waals surface area (Å²) in [5.74, 6) is 0.0866. The number of halogens is 1. The molecular weight excluding hydrogens is 187 g/mol. The van der Waals surface area contributed by atoms with Crippen LogP contribution in [0.15, 0.2) is 11.9 Å². The summed E-state index contributed by atoms with van der Waals surface area (Å²) < 4.78 is 12.9. The van der Waals surface area contributed by atoms with E-state index in [1.54, 1.807) is 6.08 Å². The van der Waals surface area contributed by atoms with Gasteiger partial charge in [0.1, 0.15) is 0 Å². The number of rotatable bonds is 10. The van der Waals surface area contributed by atoms with Crippen LogP contribution in [0.3, 0.4) is 0 Å². The van der Waals surface area contributed by atoms with Crippen molar-refractivity contribution in [1.82, 2.24) is 0 Å². The van der Waals surface area contributed by atoms with E-state index in [9.17, 15) is 4.39 Å². The van der Waals surface area contributed by atoms with Crippen molar-refractivity contribution in [3.63, 3.8) is 0 Å². The largest absolute Gasteiger partial charge is 0.212 e. The topological polar surface area (TPSA) is 0 Å². The van der Waals surface area contributed by atoms with E-state index in [1.165, 1.54) is 44.9 Å². The third-order valence-electron chi connectivity index (χ3n) is 2.69. The molecule has 0 nitrogen and oxygen atoms in total. The van der Waals surface area contributed by atoms with Crippen molar-refractivity contribution in [2.24, 2.45) is 0 Å². The lowest BCUT2D eigenvalue weighted by Gasteiger charge is -2.00. The highest BCUT2D eigenvalue weighted by Crippen LogP contribution is 2.13. The summed E-state index contributed by atoms with van der Waals surface area (Å²) >= 11 is 0. The summed E-state index contributed by atoms with van der Waals surface area (Å²) in [4.78, 5) is 0. The smallest absolute Gasteiger partial charge is 0.0959 e. The molecule has 0 bridgehead atoms. The van der Waals surface area contributed by atoms with Crippen LogP contribution >= 0.6 is 0 Å². The summed E-state index contributed by atoms with van der Waals surface area (Å²) in [5.41, 5.74) is 0. The molecular formula is C14H27F. The molecule has 90 valence electrons. The Morgan fingerprint density at radius 1 is 0.867 bits per heavy atom. The van der Waals surface area contributed by atoms with E-state index in [2.05, 4.69) is 6.92 Å². The highest BCUT2D eigenvalue weighted by Gasteiger charge is 1.95. The van der Waals surface area contributed by atoms with E-state index < -0.39 is 0 Å². The van der Waals surface area contributed by atoms with Crippen LogP contribution in [-0.4, -0.2) is 0 Å². The van der Waals surface area contributed by atoms with Gasteiger partial charge in [-0.3, -0.25) is 0 Å². The summed E-state index contributed by atoms with van der Waals surface area (Å²) in [6.07, 6.45) is 13.4. The molecule has 0 aliphatic heterocycles. The average Bonchev–Trinajstić information content (AvgIpc) is 2.22. The van der Waals surface area contributed by atoms with Gasteiger partial charge in [0.15, 0.2) is 0 Å². The van der Waals surface area contributed by atoms with Crippen LogP contribution < -0.4 is 0 Å². The van der Waals surface area contributed by atoms with Crippen LogP contribution in [0.5, 0.6) is 0 Å². The van der Waals surface area contributed by atoms with Gasteiger partial charge in [-0.2, -0.15) is 0 Å². The van der Waals surface area contributed by atoms with Gasteiger partial charge in [0.2, 0.25) is 0 Å². The Morgan fingerprint density at radius 3 is 1.93 bits per heavy atom. The van der Waals surface area contributed by atoms with Gasteiger partial charge in [0.05, 0.1) is 5.83 Å². The van der Waals surface area contributed by atoms with E-state index >= 15 is 0 Å². The third-order valence-corrected chi connectivity index (χ3v) is 2.69. The number of hydrogen-bond acceptors (Lipinski definition) is 0. The maximum Gasteiger partial charge on any atom is 0.0959 e. The zero-order chi connectivity index (χ0) is 11.4. The Morgan fingerprint density at radius 2 is 1.40 bits per heavy atom. The fraction of sp³-hybridized carbons (Fsp3) is 0.857. The second-order valence-electron chi connectivity index (χ2n) is 4.28. The van der Waals surface area contributed by atoms with E-state index in [-0.39, 0.29) is 5.83 Å². The summed E-state index contributed by atoms with van der Waals surface area (Å²) in [6.45, 7) is 4.22. The van der Waals surface area contributed by atoms with E-state index in [4.69, 9.17) is 0 Å². The van der Waals surface area contributed by atoms with Gasteiger partial charge >= 0.3 is 0 Å². The second kappa shape index (κ2) is 11.7. The molecule has 0 aromatic carbocycles. The first-order valence-electron chi connectivity index (χ1n) is 6.65. The minimum Gasteiger partial charge on any atom is -0.212 e. The zero-order valence-electron chi connectivity index (χ0n) is 10.5. The van der Waals surface area contributed by atoms with Gasteiger partial charge in [0.25, 0.3) is 0 Å². The van der Waals surface area contributed by atoms with Gasteiger partial charge in [-0.25, -0.2) is 4.39 Å². The maximum atomic E-state index is 12.9. The molecule has 0 aliphatic rings. The summed E-state index contributed by atoms with van der Waals surface area (Å²) in [7, 11) is 0. The first-order valence-corrected chi connectivity index (χ1v) is 6.65. The first kappa shape index (κ1) is 14.7. The molecule has 0 radical (unpaired) electrons. The molecule has 15 heavy (non-hydrogen) atoms. The van der Waals surface area contributed by atoms with Crippen LogP contribution in [0.4, 0.5) is 4.39 Å². The van der Waals surface area contributed by atoms with Gasteiger partial charge < -0.3 is 0 Å². The molecule has 0 spiro atoms. The second-order valence-corrected chi connectivity index (χ2v) is 4.28. The van der Waals surface area contributed by atoms with Gasteiger partial charge in [-0.1, -0.05) is 64.9 Å². The molecule has 0 heterocycles. The lowest BCUT2D eigenvalue weighted by Crippen LogP contribution is -1.81. The van der Waals surface area contributed by atoms with E-state index in [1.807, 2.05) is 6.92 Å². The fourth-order valence-electron chi connectivity index (χ4n) is 1.75. The van der Waals surface area contributed by atoms with Crippen LogP contribution in [0, 0.1) is 0 Å². The summed E-state index contributed by atoms with van der Waals surface area (Å²) in [6, 6.07) is 0. The number of hydrogen-bond donors (Lipinski definition) is 0. The Hall–Kier alpha value is -0.330. The molecule has 0 aromatic rings. The van der Waals surface area contributed by atoms with Crippen LogP contribution in [-0.2, 0) is 0 Å². The summed E-state index contributed by atoms with van der Waals surface area (Å²) in [5, 5.41) is 0. The van der Waals surface area contributed by atoms with Crippen LogP contribution in [0.2, 0.25) is 0 Å². The standard InChI is InChI=1S/C14H27F/c1-3-5-6-7-8-9-10-11-13-14(15)12-4-2/h12H,3-11,13H2,1-2H3/b14-12+. The van der Waals surface area contributed by atoms with E-state index in [0.717, 1.165) is 12.8 Å². The van der Waals surface area contributed by atoms with Crippen molar-refractivity contribution in [3.8, 4) is 0 Å². The molecule has 1 heteroatoms. The minimum absolute atomic E-state index is 0.0866. The van der Waals surface area contributed by atoms with Gasteiger partial charge in [0, 0.05) is 0 Å². The molecule has 0 aromatic heterocycles. The lowest BCUT2D eigenvalue weighted by atomic mass is 10.1. The molecule has 0 unspecified atom stereocenters. The Balaban J connectivity index is 3.08. The highest BCUT2D eigenvalue weighted by atomic mass is 19.1. The maximum absolute atomic E-state index is 12.9. The SMILES string of the molecule is CC/C=C(/F)CCCCCCCCCC. The van der Waals surface area contributed by atoms with Gasteiger partial charge in [-0.05, 0) is 19.3 Å². The van der Waals surface area contributed by atoms with Crippen molar-refractivity contribution in [3.05, 3.63) is 11.9 Å². The molecule has 0 rings (SSSR count). The van der Waals surface area contributed by atoms with E-state index in [0.29, 0.717) is 6.42 Å². The molecule has 0 amide bonds. The Kier molecular flexibility index (Phi) is 11.5. The quantitative estimate of drug-likeness (QED) is 0.404. The zero-order valence-corrected chi connectivity index (χ0v) is 10.5. The minimum atomic E-state index is 0.0866. The number of unbranched alkanes of at least 4 members (excludes halogenated alkanes) is 7. The van der Waals surface area contributed by atoms with Crippen molar-refractivity contribution in [2.45, 2.75) is 78.1 Å². The Labute approximate surface area is 95.0 Å². The first-order chi connectivity index (χ1) is 7.31. The molecule has 0 saturated carbocycles. The van der Waals surface area contributed by atoms with Crippen molar-refractivity contribution < 1.29 is 4.39 Å². The molecule has 0 saturated heterocycles. The normalized spacial score (nSPS) is 12.1. The molecule has 0 fully saturated rings. The fourth-order valence-corrected chi connectivity index (χ4v) is 1.75. The molecule has 0 atom stereocenters.